The number of alkyl halides is 3. The molecule has 1 aromatic heterocycles. The second-order valence-corrected chi connectivity index (χ2v) is 15.3. The number of amides is 4. The van der Waals surface area contributed by atoms with Crippen LogP contribution < -0.4 is 20.1 Å². The molecule has 3 fully saturated rings. The average Bonchev–Trinajstić information content (AvgIpc) is 3.99. The molecule has 17 heteroatoms. The molecule has 6 rings (SSSR count). The number of carbonyl (C=O) groups excluding carboxylic acids is 4. The Bertz CT molecular complexity index is 1870. The fraction of sp³-hybridized carbons (Fsp3) is 0.500. The topological polar surface area (TPSA) is 173 Å². The zero-order valence-electron chi connectivity index (χ0n) is 27.5. The number of pyridine rings is 1. The third kappa shape index (κ3) is 8.29. The zero-order chi connectivity index (χ0) is 36.6. The summed E-state index contributed by atoms with van der Waals surface area (Å²) >= 11 is 0. The Labute approximate surface area is 292 Å². The van der Waals surface area contributed by atoms with E-state index in [1.165, 1.54) is 12.3 Å². The molecule has 2 aliphatic heterocycles. The molecule has 4 amide bonds. The fourth-order valence-electron chi connectivity index (χ4n) is 6.47. The Hall–Kier alpha value is -4.67. The summed E-state index contributed by atoms with van der Waals surface area (Å²) in [5, 5.41) is 5.29. The second kappa shape index (κ2) is 14.2. The van der Waals surface area contributed by atoms with Gasteiger partial charge in [0.15, 0.2) is 0 Å². The van der Waals surface area contributed by atoms with Crippen LogP contribution in [0.25, 0.3) is 16.8 Å². The summed E-state index contributed by atoms with van der Waals surface area (Å²) < 4.78 is 79.9. The van der Waals surface area contributed by atoms with E-state index in [0.717, 1.165) is 15.8 Å². The van der Waals surface area contributed by atoms with Crippen LogP contribution in [-0.4, -0.2) is 90.4 Å². The van der Waals surface area contributed by atoms with Gasteiger partial charge in [-0.2, -0.15) is 13.2 Å². The summed E-state index contributed by atoms with van der Waals surface area (Å²) in [5.74, 6) is -3.61. The predicted octanol–water partition coefficient (Wildman–Crippen LogP) is 3.50. The predicted molar refractivity (Wildman–Crippen MR) is 177 cm³/mol. The minimum atomic E-state index is -4.90. The van der Waals surface area contributed by atoms with Crippen LogP contribution in [0.4, 0.5) is 18.0 Å². The first-order valence-corrected chi connectivity index (χ1v) is 18.3. The zero-order valence-corrected chi connectivity index (χ0v) is 28.3. The highest BCUT2D eigenvalue weighted by Crippen LogP contribution is 2.45. The number of aromatic nitrogens is 1. The maximum absolute atomic E-state index is 14.0. The van der Waals surface area contributed by atoms with Crippen LogP contribution in [0.2, 0.25) is 0 Å². The third-order valence-electron chi connectivity index (χ3n) is 9.46. The molecule has 1 saturated heterocycles. The van der Waals surface area contributed by atoms with E-state index in [4.69, 9.17) is 9.47 Å². The largest absolute Gasteiger partial charge is 0.472 e. The Balaban J connectivity index is 1.33. The molecule has 0 radical (unpaired) electrons. The average molecular weight is 734 g/mol. The highest BCUT2D eigenvalue weighted by atomic mass is 32.2. The van der Waals surface area contributed by atoms with Crippen LogP contribution in [0.1, 0.15) is 56.9 Å². The number of alkyl carbamates (subject to hydrolysis) is 1. The maximum atomic E-state index is 14.0. The summed E-state index contributed by atoms with van der Waals surface area (Å²) in [6, 6.07) is 3.78. The highest BCUT2D eigenvalue weighted by Gasteiger charge is 2.62. The van der Waals surface area contributed by atoms with Crippen molar-refractivity contribution in [3.63, 3.8) is 0 Å². The molecular formula is C34H38F3N5O8S. The normalized spacial score (nSPS) is 27.9. The quantitative estimate of drug-likeness (QED) is 0.360. The van der Waals surface area contributed by atoms with E-state index in [0.29, 0.717) is 37.5 Å². The van der Waals surface area contributed by atoms with E-state index < -0.39 is 81.3 Å². The maximum Gasteiger partial charge on any atom is 0.407 e. The van der Waals surface area contributed by atoms with Gasteiger partial charge in [0, 0.05) is 23.9 Å². The van der Waals surface area contributed by atoms with Gasteiger partial charge >= 0.3 is 12.3 Å². The van der Waals surface area contributed by atoms with Crippen LogP contribution in [0.3, 0.4) is 0 Å². The van der Waals surface area contributed by atoms with Crippen molar-refractivity contribution in [3.8, 4) is 5.88 Å². The number of ether oxygens (including phenoxy) is 2. The van der Waals surface area contributed by atoms with Gasteiger partial charge in [-0.05, 0) is 61.6 Å². The van der Waals surface area contributed by atoms with Gasteiger partial charge in [-0.3, -0.25) is 19.1 Å². The number of benzene rings is 1. The van der Waals surface area contributed by atoms with Crippen molar-refractivity contribution in [2.75, 3.05) is 13.2 Å². The first kappa shape index (κ1) is 36.1. The van der Waals surface area contributed by atoms with Crippen molar-refractivity contribution in [3.05, 3.63) is 54.8 Å². The van der Waals surface area contributed by atoms with Gasteiger partial charge in [0.2, 0.25) is 27.7 Å². The van der Waals surface area contributed by atoms with Gasteiger partial charge < -0.3 is 25.0 Å². The number of fused-ring (bicyclic) bond motifs is 3. The number of rotatable bonds is 7. The highest BCUT2D eigenvalue weighted by molar-refractivity contribution is 7.91. The molecule has 4 bridgehead atoms. The number of hydrogen-bond donors (Lipinski definition) is 3. The molecule has 2 aromatic rings. The minimum Gasteiger partial charge on any atom is -0.472 e. The van der Waals surface area contributed by atoms with E-state index in [2.05, 4.69) is 16.9 Å². The van der Waals surface area contributed by atoms with Gasteiger partial charge in [-0.15, -0.1) is 6.58 Å². The second-order valence-electron chi connectivity index (χ2n) is 13.3. The molecule has 13 nitrogen and oxygen atoms in total. The molecule has 0 spiro atoms. The molecule has 0 unspecified atom stereocenters. The van der Waals surface area contributed by atoms with E-state index in [9.17, 15) is 40.8 Å². The molecule has 4 aliphatic rings. The summed E-state index contributed by atoms with van der Waals surface area (Å²) in [4.78, 5) is 59.1. The number of halogens is 3. The number of sulfonamides is 1. The number of nitrogens with zero attached hydrogens (tertiary/aromatic N) is 2. The standard InChI is InChI=1S/C34H38F3N5O8S/c1-2-22-17-33(22,31(45)41-51(47,48)24-10-11-24)40-28(43)27-16-23-19-42(27)30(44)26(18-34(35,36)37)39-32(46)49-14-6-4-3-5-7-20-8-9-21-12-13-38-29(50-23)25(21)15-20/h2,5,7-9,12-13,15,22-24,26-27H,1,3-4,6,10-11,14,16-19H2,(H,39,46)(H,40,43)(H,41,45)/b7-5-/t22-,23-,26+,27+,33-/m1/s1. The van der Waals surface area contributed by atoms with Crippen LogP contribution >= 0.6 is 0 Å². The molecule has 51 heavy (non-hydrogen) atoms. The Morgan fingerprint density at radius 1 is 1.18 bits per heavy atom. The number of carbonyl (C=O) groups is 4. The van der Waals surface area contributed by atoms with Gasteiger partial charge in [0.25, 0.3) is 5.91 Å². The lowest BCUT2D eigenvalue weighted by atomic mass is 10.1. The third-order valence-corrected chi connectivity index (χ3v) is 11.3. The summed E-state index contributed by atoms with van der Waals surface area (Å²) in [5.41, 5.74) is -0.869. The Morgan fingerprint density at radius 3 is 2.67 bits per heavy atom. The Kier molecular flexibility index (Phi) is 10.0. The van der Waals surface area contributed by atoms with Gasteiger partial charge in [0.1, 0.15) is 23.7 Å². The van der Waals surface area contributed by atoms with Crippen LogP contribution in [-0.2, 0) is 29.1 Å². The minimum absolute atomic E-state index is 0.00958. The van der Waals surface area contributed by atoms with Crippen LogP contribution in [0.15, 0.2) is 49.2 Å². The molecule has 1 aromatic carbocycles. The molecule has 3 N–H and O–H groups in total. The number of hydrogen-bond acceptors (Lipinski definition) is 9. The van der Waals surface area contributed by atoms with E-state index in [1.54, 1.807) is 6.07 Å². The number of nitrogens with one attached hydrogen (secondary N) is 3. The summed E-state index contributed by atoms with van der Waals surface area (Å²) in [7, 11) is -3.99. The van der Waals surface area contributed by atoms with E-state index >= 15 is 0 Å². The van der Waals surface area contributed by atoms with Crippen molar-refractivity contribution in [2.45, 2.75) is 86.5 Å². The number of cyclic esters (lactones) is 1. The SMILES string of the molecule is C=C[C@@H]1C[C@]1(NC(=O)[C@@H]1C[C@@H]2CN1C(=O)[C@H](CC(F)(F)F)NC(=O)OCCCC/C=C\c1ccc3ccnc(c3c1)O2)C(=O)NS(=O)(=O)C1CC1. The van der Waals surface area contributed by atoms with Gasteiger partial charge in [0.05, 0.1) is 24.8 Å². The first-order chi connectivity index (χ1) is 24.2. The van der Waals surface area contributed by atoms with E-state index in [1.807, 2.05) is 40.4 Å². The molecule has 2 aliphatic carbocycles. The van der Waals surface area contributed by atoms with Gasteiger partial charge in [-0.25, -0.2) is 18.2 Å². The fourth-order valence-corrected chi connectivity index (χ4v) is 7.84. The lowest BCUT2D eigenvalue weighted by Gasteiger charge is -2.30. The molecule has 3 heterocycles. The molecule has 274 valence electrons. The molecular weight excluding hydrogens is 695 g/mol. The molecule has 2 saturated carbocycles. The monoisotopic (exact) mass is 733 g/mol. The number of allylic oxidation sites excluding steroid dienone is 1. The van der Waals surface area contributed by atoms with Crippen molar-refractivity contribution >= 4 is 50.7 Å². The summed E-state index contributed by atoms with van der Waals surface area (Å²) in [6.07, 6.45) is 0.131. The van der Waals surface area contributed by atoms with Crippen LogP contribution in [0, 0.1) is 5.92 Å². The van der Waals surface area contributed by atoms with Gasteiger partial charge in [-0.1, -0.05) is 30.4 Å². The summed E-state index contributed by atoms with van der Waals surface area (Å²) in [6.45, 7) is 3.19. The van der Waals surface area contributed by atoms with Crippen molar-refractivity contribution in [1.82, 2.24) is 25.2 Å². The van der Waals surface area contributed by atoms with E-state index in [-0.39, 0.29) is 31.9 Å². The Morgan fingerprint density at radius 2 is 1.96 bits per heavy atom. The van der Waals surface area contributed by atoms with Crippen molar-refractivity contribution in [1.29, 1.82) is 0 Å². The lowest BCUT2D eigenvalue weighted by Crippen LogP contribution is -2.58. The first-order valence-electron chi connectivity index (χ1n) is 16.7. The van der Waals surface area contributed by atoms with Crippen LogP contribution in [0.5, 0.6) is 5.88 Å². The van der Waals surface area contributed by atoms with Crippen molar-refractivity contribution in [2.24, 2.45) is 5.92 Å². The molecule has 5 atom stereocenters. The smallest absolute Gasteiger partial charge is 0.407 e. The lowest BCUT2D eigenvalue weighted by molar-refractivity contribution is -0.155. The van der Waals surface area contributed by atoms with Crippen molar-refractivity contribution < 1.29 is 50.2 Å².